The lowest BCUT2D eigenvalue weighted by Gasteiger charge is -2.40. The molecule has 1 aromatic heterocycles. The highest BCUT2D eigenvalue weighted by atomic mass is 32.2. The summed E-state index contributed by atoms with van der Waals surface area (Å²) >= 11 is 0. The second-order valence-electron chi connectivity index (χ2n) is 11.3. The lowest BCUT2D eigenvalue weighted by molar-refractivity contribution is -0.140. The molecule has 1 saturated carbocycles. The number of piperazine rings is 1. The van der Waals surface area contributed by atoms with Gasteiger partial charge in [0.15, 0.2) is 0 Å². The van der Waals surface area contributed by atoms with Gasteiger partial charge in [0.25, 0.3) is 0 Å². The number of carbonyl (C=O) groups excluding carboxylic acids is 1. The topological polar surface area (TPSA) is 94.3 Å². The number of nitrogens with zero attached hydrogens (tertiary/aromatic N) is 1. The highest BCUT2D eigenvalue weighted by Gasteiger charge is 2.36. The molecule has 2 fully saturated rings. The number of fused-ring (bicyclic) bond motifs is 1. The van der Waals surface area contributed by atoms with E-state index >= 15 is 0 Å². The predicted molar refractivity (Wildman–Crippen MR) is 159 cm³/mol. The van der Waals surface area contributed by atoms with E-state index < -0.39 is 21.8 Å². The van der Waals surface area contributed by atoms with Crippen LogP contribution in [0.25, 0.3) is 22.2 Å². The van der Waals surface area contributed by atoms with E-state index in [0.29, 0.717) is 49.7 Å². The number of benzene rings is 3. The first-order valence-corrected chi connectivity index (χ1v) is 16.0. The number of nitrogens with one attached hydrogen (secondary N) is 3. The molecule has 2 heterocycles. The molecule has 6 rings (SSSR count). The van der Waals surface area contributed by atoms with E-state index in [0.717, 1.165) is 18.2 Å². The Balaban J connectivity index is 1.12. The lowest BCUT2D eigenvalue weighted by Crippen LogP contribution is -2.51. The molecule has 0 bridgehead atoms. The zero-order chi connectivity index (χ0) is 30.2. The van der Waals surface area contributed by atoms with E-state index in [1.54, 1.807) is 12.1 Å². The standard InChI is InChI=1S/C32H33F3N4O3S/c33-32(34,35)27-9-5-4-8-26(27)29-18-23-12-15-25(19-28(23)37-29)43(41,42)38-24-13-10-22(11-14-24)31(40)39-17-16-36-20-30(39)21-6-2-1-3-7-21/h1-9,12,15,18-19,22,24,30,36-38H,10-11,13-14,16-17,20H2/t22?,24?,30-/m1/s1. The zero-order valence-electron chi connectivity index (χ0n) is 23.4. The molecule has 226 valence electrons. The third-order valence-corrected chi connectivity index (χ3v) is 10.1. The van der Waals surface area contributed by atoms with E-state index in [-0.39, 0.29) is 40.1 Å². The molecule has 1 atom stereocenters. The van der Waals surface area contributed by atoms with Crippen LogP contribution < -0.4 is 10.0 Å². The minimum Gasteiger partial charge on any atom is -0.354 e. The van der Waals surface area contributed by atoms with Crippen molar-refractivity contribution in [2.45, 2.75) is 48.8 Å². The van der Waals surface area contributed by atoms with Crippen LogP contribution in [0.5, 0.6) is 0 Å². The Labute approximate surface area is 248 Å². The first kappa shape index (κ1) is 29.4. The van der Waals surface area contributed by atoms with Gasteiger partial charge in [0.1, 0.15) is 0 Å². The van der Waals surface area contributed by atoms with Gasteiger partial charge in [-0.15, -0.1) is 0 Å². The van der Waals surface area contributed by atoms with Crippen LogP contribution >= 0.6 is 0 Å². The summed E-state index contributed by atoms with van der Waals surface area (Å²) in [6.07, 6.45) is -2.25. The maximum atomic E-state index is 13.6. The molecular formula is C32H33F3N4O3S. The smallest absolute Gasteiger partial charge is 0.354 e. The van der Waals surface area contributed by atoms with Crippen molar-refractivity contribution in [3.63, 3.8) is 0 Å². The average Bonchev–Trinajstić information content (AvgIpc) is 3.45. The van der Waals surface area contributed by atoms with Gasteiger partial charge in [-0.1, -0.05) is 54.6 Å². The van der Waals surface area contributed by atoms with Gasteiger partial charge in [-0.05, 0) is 55.5 Å². The Morgan fingerprint density at radius 1 is 0.907 bits per heavy atom. The molecule has 7 nitrogen and oxygen atoms in total. The van der Waals surface area contributed by atoms with Gasteiger partial charge in [0, 0.05) is 53.8 Å². The second kappa shape index (κ2) is 11.8. The number of hydrogen-bond acceptors (Lipinski definition) is 4. The van der Waals surface area contributed by atoms with E-state index in [1.807, 2.05) is 35.2 Å². The highest BCUT2D eigenvalue weighted by Crippen LogP contribution is 2.38. The first-order valence-electron chi connectivity index (χ1n) is 14.5. The zero-order valence-corrected chi connectivity index (χ0v) is 24.2. The predicted octanol–water partition coefficient (Wildman–Crippen LogP) is 5.86. The Kier molecular flexibility index (Phi) is 8.06. The van der Waals surface area contributed by atoms with Crippen molar-refractivity contribution in [3.05, 3.63) is 90.0 Å². The summed E-state index contributed by atoms with van der Waals surface area (Å²) in [5, 5.41) is 3.98. The van der Waals surface area contributed by atoms with Crippen LogP contribution in [0.15, 0.2) is 83.8 Å². The molecule has 1 saturated heterocycles. The normalized spacial score (nSPS) is 21.7. The van der Waals surface area contributed by atoms with Crippen LogP contribution in [0.3, 0.4) is 0 Å². The number of alkyl halides is 3. The third kappa shape index (κ3) is 6.20. The Morgan fingerprint density at radius 3 is 2.37 bits per heavy atom. The SMILES string of the molecule is O=C(C1CCC(NS(=O)(=O)c2ccc3cc(-c4ccccc4C(F)(F)F)[nH]c3c2)CC1)N1CCNC[C@@H]1c1ccccc1. The van der Waals surface area contributed by atoms with Crippen molar-refractivity contribution in [2.75, 3.05) is 19.6 Å². The average molecular weight is 611 g/mol. The number of rotatable bonds is 6. The number of H-pyrrole nitrogens is 1. The van der Waals surface area contributed by atoms with Gasteiger partial charge in [-0.25, -0.2) is 13.1 Å². The lowest BCUT2D eigenvalue weighted by atomic mass is 9.85. The van der Waals surface area contributed by atoms with Crippen molar-refractivity contribution in [2.24, 2.45) is 5.92 Å². The minimum absolute atomic E-state index is 0.00376. The Morgan fingerprint density at radius 2 is 1.63 bits per heavy atom. The molecular weight excluding hydrogens is 577 g/mol. The highest BCUT2D eigenvalue weighted by molar-refractivity contribution is 7.89. The van der Waals surface area contributed by atoms with Crippen molar-refractivity contribution < 1.29 is 26.4 Å². The number of aromatic amines is 1. The van der Waals surface area contributed by atoms with Gasteiger partial charge in [0.2, 0.25) is 15.9 Å². The first-order chi connectivity index (χ1) is 20.6. The monoisotopic (exact) mass is 610 g/mol. The molecule has 0 unspecified atom stereocenters. The van der Waals surface area contributed by atoms with Crippen molar-refractivity contribution in [3.8, 4) is 11.3 Å². The summed E-state index contributed by atoms with van der Waals surface area (Å²) in [5.41, 5.74) is 1.01. The van der Waals surface area contributed by atoms with Crippen LogP contribution in [-0.4, -0.2) is 49.9 Å². The van der Waals surface area contributed by atoms with Crippen LogP contribution in [0, 0.1) is 5.92 Å². The maximum absolute atomic E-state index is 13.6. The molecule has 11 heteroatoms. The van der Waals surface area contributed by atoms with Crippen molar-refractivity contribution >= 4 is 26.8 Å². The fourth-order valence-corrected chi connectivity index (χ4v) is 7.64. The largest absolute Gasteiger partial charge is 0.417 e. The molecule has 3 N–H and O–H groups in total. The number of amides is 1. The third-order valence-electron chi connectivity index (χ3n) is 8.54. The fraction of sp³-hybridized carbons (Fsp3) is 0.344. The molecule has 4 aromatic rings. The molecule has 2 aliphatic rings. The van der Waals surface area contributed by atoms with E-state index in [1.165, 1.54) is 30.3 Å². The molecule has 43 heavy (non-hydrogen) atoms. The number of halogens is 3. The van der Waals surface area contributed by atoms with Gasteiger partial charge >= 0.3 is 6.18 Å². The Hall–Kier alpha value is -3.67. The van der Waals surface area contributed by atoms with Crippen LogP contribution in [-0.2, 0) is 21.0 Å². The van der Waals surface area contributed by atoms with E-state index in [2.05, 4.69) is 15.0 Å². The van der Waals surface area contributed by atoms with Gasteiger partial charge in [-0.2, -0.15) is 13.2 Å². The number of carbonyl (C=O) groups is 1. The fourth-order valence-electron chi connectivity index (χ4n) is 6.30. The quantitative estimate of drug-likeness (QED) is 0.255. The maximum Gasteiger partial charge on any atom is 0.417 e. The molecule has 0 radical (unpaired) electrons. The van der Waals surface area contributed by atoms with Crippen LogP contribution in [0.4, 0.5) is 13.2 Å². The summed E-state index contributed by atoms with van der Waals surface area (Å²) in [7, 11) is -3.89. The number of hydrogen-bond donors (Lipinski definition) is 3. The molecule has 1 aliphatic heterocycles. The summed E-state index contributed by atoms with van der Waals surface area (Å²) in [4.78, 5) is 18.5. The number of aromatic nitrogens is 1. The molecule has 0 spiro atoms. The summed E-state index contributed by atoms with van der Waals surface area (Å²) in [6, 6.07) is 21.0. The molecule has 1 amide bonds. The minimum atomic E-state index is -4.52. The second-order valence-corrected chi connectivity index (χ2v) is 13.0. The van der Waals surface area contributed by atoms with Gasteiger partial charge in [-0.3, -0.25) is 4.79 Å². The van der Waals surface area contributed by atoms with E-state index in [9.17, 15) is 26.4 Å². The summed E-state index contributed by atoms with van der Waals surface area (Å²) < 4.78 is 70.1. The van der Waals surface area contributed by atoms with Gasteiger partial charge in [0.05, 0.1) is 16.5 Å². The summed E-state index contributed by atoms with van der Waals surface area (Å²) in [6.45, 7) is 2.08. The Bertz CT molecular complexity index is 1710. The van der Waals surface area contributed by atoms with Gasteiger partial charge < -0.3 is 15.2 Å². The van der Waals surface area contributed by atoms with Crippen LogP contribution in [0.2, 0.25) is 0 Å². The molecule has 1 aliphatic carbocycles. The van der Waals surface area contributed by atoms with Crippen molar-refractivity contribution in [1.29, 1.82) is 0 Å². The number of sulfonamides is 1. The summed E-state index contributed by atoms with van der Waals surface area (Å²) in [5.74, 6) is -0.0323. The van der Waals surface area contributed by atoms with Crippen molar-refractivity contribution in [1.82, 2.24) is 19.9 Å². The van der Waals surface area contributed by atoms with E-state index in [4.69, 9.17) is 0 Å². The van der Waals surface area contributed by atoms with Crippen LogP contribution in [0.1, 0.15) is 42.9 Å². The molecule has 3 aromatic carbocycles.